The predicted molar refractivity (Wildman–Crippen MR) is 125 cm³/mol. The first-order valence-electron chi connectivity index (χ1n) is 9.35. The molecule has 2 amide bonds. The molecule has 0 saturated carbocycles. The number of guanidine groups is 1. The van der Waals surface area contributed by atoms with Gasteiger partial charge in [0.15, 0.2) is 5.96 Å². The molecule has 2 rings (SSSR count). The molecule has 1 fully saturated rings. The lowest BCUT2D eigenvalue weighted by Crippen LogP contribution is -2.40. The molecule has 1 aromatic carbocycles. The second kappa shape index (κ2) is 12.8. The van der Waals surface area contributed by atoms with Crippen molar-refractivity contribution < 1.29 is 9.59 Å². The Bertz CT molecular complexity index is 693. The second-order valence-corrected chi connectivity index (χ2v) is 6.90. The van der Waals surface area contributed by atoms with Crippen LogP contribution in [-0.4, -0.2) is 55.4 Å². The number of amides is 2. The first-order valence-corrected chi connectivity index (χ1v) is 9.73. The molecule has 9 heteroatoms. The van der Waals surface area contributed by atoms with Crippen LogP contribution in [-0.2, 0) is 9.59 Å². The van der Waals surface area contributed by atoms with E-state index in [9.17, 15) is 9.59 Å². The molecule has 0 unspecified atom stereocenters. The zero-order chi connectivity index (χ0) is 19.6. The van der Waals surface area contributed by atoms with Crippen LogP contribution in [0.1, 0.15) is 31.7 Å². The van der Waals surface area contributed by atoms with Crippen molar-refractivity contribution in [2.75, 3.05) is 38.0 Å². The van der Waals surface area contributed by atoms with Crippen LogP contribution in [0.15, 0.2) is 23.2 Å². The van der Waals surface area contributed by atoms with Gasteiger partial charge in [0.05, 0.1) is 10.7 Å². The van der Waals surface area contributed by atoms with Crippen molar-refractivity contribution in [2.24, 2.45) is 4.99 Å². The number of hydrogen-bond acceptors (Lipinski definition) is 3. The van der Waals surface area contributed by atoms with Crippen LogP contribution < -0.4 is 16.0 Å². The van der Waals surface area contributed by atoms with E-state index >= 15 is 0 Å². The summed E-state index contributed by atoms with van der Waals surface area (Å²) in [5, 5.41) is 9.48. The average molecular weight is 522 g/mol. The van der Waals surface area contributed by atoms with Crippen molar-refractivity contribution in [1.82, 2.24) is 15.5 Å². The first kappa shape index (κ1) is 24.5. The van der Waals surface area contributed by atoms with Crippen LogP contribution >= 0.6 is 35.6 Å². The molecular weight excluding hydrogens is 493 g/mol. The minimum atomic E-state index is -0.141. The number of anilines is 1. The van der Waals surface area contributed by atoms with Gasteiger partial charge in [0.2, 0.25) is 11.8 Å². The Morgan fingerprint density at radius 2 is 1.93 bits per heavy atom. The zero-order valence-electron chi connectivity index (χ0n) is 16.4. The standard InChI is InChI=1S/C19H28ClN5O2.HI/c1-3-21-19(23-13-18(27)25-10-4-5-11-25)22-9-8-17(26)24-16-7-6-14(2)12-15(16)20;/h6-7,12H,3-5,8-11,13H2,1-2H3,(H,24,26)(H2,21,22,23);1H. The number of nitrogens with zero attached hydrogens (tertiary/aromatic N) is 2. The van der Waals surface area contributed by atoms with Gasteiger partial charge in [-0.2, -0.15) is 0 Å². The minimum absolute atomic E-state index is 0. The molecule has 0 aromatic heterocycles. The van der Waals surface area contributed by atoms with Crippen molar-refractivity contribution in [3.63, 3.8) is 0 Å². The summed E-state index contributed by atoms with van der Waals surface area (Å²) >= 11 is 6.13. The highest BCUT2D eigenvalue weighted by molar-refractivity contribution is 14.0. The molecule has 0 spiro atoms. The van der Waals surface area contributed by atoms with E-state index in [1.165, 1.54) is 0 Å². The Balaban J connectivity index is 0.00000392. The fraction of sp³-hybridized carbons (Fsp3) is 0.526. The van der Waals surface area contributed by atoms with Gasteiger partial charge in [-0.15, -0.1) is 24.0 Å². The average Bonchev–Trinajstić information content (AvgIpc) is 3.16. The van der Waals surface area contributed by atoms with Gasteiger partial charge in [-0.25, -0.2) is 4.99 Å². The predicted octanol–water partition coefficient (Wildman–Crippen LogP) is 2.77. The van der Waals surface area contributed by atoms with Crippen molar-refractivity contribution in [1.29, 1.82) is 0 Å². The molecule has 1 aliphatic heterocycles. The van der Waals surface area contributed by atoms with Crippen LogP contribution in [0.4, 0.5) is 5.69 Å². The van der Waals surface area contributed by atoms with Gasteiger partial charge >= 0.3 is 0 Å². The highest BCUT2D eigenvalue weighted by atomic mass is 127. The lowest BCUT2D eigenvalue weighted by molar-refractivity contribution is -0.128. The van der Waals surface area contributed by atoms with Crippen LogP contribution in [0.2, 0.25) is 5.02 Å². The number of nitrogens with one attached hydrogen (secondary N) is 3. The summed E-state index contributed by atoms with van der Waals surface area (Å²) in [5.74, 6) is 0.430. The number of hydrogen-bond donors (Lipinski definition) is 3. The molecule has 1 aromatic rings. The van der Waals surface area contributed by atoms with Gasteiger partial charge in [0.1, 0.15) is 6.54 Å². The van der Waals surface area contributed by atoms with E-state index in [4.69, 9.17) is 11.6 Å². The summed E-state index contributed by atoms with van der Waals surface area (Å²) in [7, 11) is 0. The monoisotopic (exact) mass is 521 g/mol. The minimum Gasteiger partial charge on any atom is -0.357 e. The zero-order valence-corrected chi connectivity index (χ0v) is 19.5. The van der Waals surface area contributed by atoms with E-state index < -0.39 is 0 Å². The smallest absolute Gasteiger partial charge is 0.244 e. The lowest BCUT2D eigenvalue weighted by Gasteiger charge is -2.15. The summed E-state index contributed by atoms with van der Waals surface area (Å²) < 4.78 is 0. The molecule has 156 valence electrons. The van der Waals surface area contributed by atoms with Gasteiger partial charge in [-0.1, -0.05) is 17.7 Å². The van der Waals surface area contributed by atoms with Crippen LogP contribution in [0.5, 0.6) is 0 Å². The van der Waals surface area contributed by atoms with Crippen LogP contribution in [0.25, 0.3) is 0 Å². The Kier molecular flexibility index (Phi) is 11.2. The SMILES string of the molecule is CCNC(=NCC(=O)N1CCCC1)NCCC(=O)Nc1ccc(C)cc1Cl.I. The molecule has 3 N–H and O–H groups in total. The Morgan fingerprint density at radius 1 is 1.21 bits per heavy atom. The van der Waals surface area contributed by atoms with Crippen molar-refractivity contribution >= 4 is 59.0 Å². The van der Waals surface area contributed by atoms with Crippen LogP contribution in [0, 0.1) is 6.92 Å². The highest BCUT2D eigenvalue weighted by Crippen LogP contribution is 2.22. The third-order valence-corrected chi connectivity index (χ3v) is 4.53. The summed E-state index contributed by atoms with van der Waals surface area (Å²) in [4.78, 5) is 30.3. The summed E-state index contributed by atoms with van der Waals surface area (Å²) in [5.41, 5.74) is 1.64. The summed E-state index contributed by atoms with van der Waals surface area (Å²) in [6.45, 7) is 6.72. The molecule has 0 radical (unpaired) electrons. The van der Waals surface area contributed by atoms with Gasteiger partial charge in [-0.3, -0.25) is 9.59 Å². The Labute approximate surface area is 188 Å². The van der Waals surface area contributed by atoms with Crippen molar-refractivity contribution in [3.05, 3.63) is 28.8 Å². The number of carbonyl (C=O) groups is 2. The van der Waals surface area contributed by atoms with Gasteiger partial charge in [-0.05, 0) is 44.4 Å². The Morgan fingerprint density at radius 3 is 2.57 bits per heavy atom. The topological polar surface area (TPSA) is 85.8 Å². The van der Waals surface area contributed by atoms with E-state index in [-0.39, 0.29) is 48.8 Å². The Hall–Kier alpha value is -1.55. The molecule has 0 bridgehead atoms. The van der Waals surface area contributed by atoms with E-state index in [0.29, 0.717) is 29.8 Å². The number of rotatable bonds is 7. The molecule has 1 saturated heterocycles. The maximum atomic E-state index is 12.1. The van der Waals surface area contributed by atoms with Crippen molar-refractivity contribution in [2.45, 2.75) is 33.1 Å². The maximum Gasteiger partial charge on any atom is 0.244 e. The molecular formula is C19H29ClIN5O2. The summed E-state index contributed by atoms with van der Waals surface area (Å²) in [6, 6.07) is 5.49. The lowest BCUT2D eigenvalue weighted by atomic mass is 10.2. The highest BCUT2D eigenvalue weighted by Gasteiger charge is 2.17. The quantitative estimate of drug-likeness (QED) is 0.293. The molecule has 1 aliphatic rings. The fourth-order valence-electron chi connectivity index (χ4n) is 2.78. The third kappa shape index (κ3) is 8.22. The van der Waals surface area contributed by atoms with Gasteiger partial charge < -0.3 is 20.9 Å². The molecule has 7 nitrogen and oxygen atoms in total. The van der Waals surface area contributed by atoms with Crippen LogP contribution in [0.3, 0.4) is 0 Å². The number of halogens is 2. The number of carbonyl (C=O) groups excluding carboxylic acids is 2. The molecule has 28 heavy (non-hydrogen) atoms. The molecule has 0 aliphatic carbocycles. The van der Waals surface area contributed by atoms with Crippen molar-refractivity contribution in [3.8, 4) is 0 Å². The maximum absolute atomic E-state index is 12.1. The summed E-state index contributed by atoms with van der Waals surface area (Å²) in [6.07, 6.45) is 2.39. The first-order chi connectivity index (χ1) is 13.0. The largest absolute Gasteiger partial charge is 0.357 e. The van der Waals surface area contributed by atoms with E-state index in [1.807, 2.05) is 30.9 Å². The number of likely N-dealkylation sites (tertiary alicyclic amines) is 1. The number of benzene rings is 1. The van der Waals surface area contributed by atoms with Gasteiger partial charge in [0.25, 0.3) is 0 Å². The normalized spacial score (nSPS) is 13.7. The molecule has 1 heterocycles. The van der Waals surface area contributed by atoms with E-state index in [1.54, 1.807) is 6.07 Å². The third-order valence-electron chi connectivity index (χ3n) is 4.22. The van der Waals surface area contributed by atoms with E-state index in [2.05, 4.69) is 20.9 Å². The van der Waals surface area contributed by atoms with Gasteiger partial charge in [0, 0.05) is 32.6 Å². The molecule has 0 atom stereocenters. The number of aliphatic imine (C=N–C) groups is 1. The fourth-order valence-corrected chi connectivity index (χ4v) is 3.07. The second-order valence-electron chi connectivity index (χ2n) is 6.49. The number of aryl methyl sites for hydroxylation is 1. The van der Waals surface area contributed by atoms with E-state index in [0.717, 1.165) is 31.5 Å².